The second kappa shape index (κ2) is 7.43. The Labute approximate surface area is 122 Å². The molecule has 0 aliphatic carbocycles. The molecule has 1 aliphatic heterocycles. The van der Waals surface area contributed by atoms with Gasteiger partial charge in [0.15, 0.2) is 0 Å². The van der Waals surface area contributed by atoms with Gasteiger partial charge in [-0.2, -0.15) is 0 Å². The van der Waals surface area contributed by atoms with Crippen molar-refractivity contribution in [2.24, 2.45) is 0 Å². The maximum Gasteiger partial charge on any atom is 0.134 e. The van der Waals surface area contributed by atoms with E-state index in [1.807, 2.05) is 0 Å². The lowest BCUT2D eigenvalue weighted by molar-refractivity contribution is 0.360. The molecule has 0 aromatic carbocycles. The number of rotatable bonds is 5. The van der Waals surface area contributed by atoms with Crippen molar-refractivity contribution >= 4 is 11.6 Å². The van der Waals surface area contributed by atoms with Crippen molar-refractivity contribution in [3.8, 4) is 0 Å². The van der Waals surface area contributed by atoms with Crippen molar-refractivity contribution < 1.29 is 0 Å². The molecule has 1 aromatic rings. The molecule has 20 heavy (non-hydrogen) atoms. The summed E-state index contributed by atoms with van der Waals surface area (Å²) >= 11 is 0. The molecule has 0 bridgehead atoms. The third kappa shape index (κ3) is 4.07. The zero-order chi connectivity index (χ0) is 14.4. The number of hydrogen-bond acceptors (Lipinski definition) is 5. The lowest BCUT2D eigenvalue weighted by atomic mass is 10.3. The quantitative estimate of drug-likeness (QED) is 0.892. The van der Waals surface area contributed by atoms with Crippen LogP contribution in [0.1, 0.15) is 32.5 Å². The van der Waals surface area contributed by atoms with E-state index in [-0.39, 0.29) is 0 Å². The Balaban J connectivity index is 2.19. The van der Waals surface area contributed by atoms with Gasteiger partial charge in [-0.15, -0.1) is 0 Å². The van der Waals surface area contributed by atoms with Crippen molar-refractivity contribution in [2.75, 3.05) is 50.0 Å². The van der Waals surface area contributed by atoms with Crippen LogP contribution in [-0.2, 0) is 6.42 Å². The summed E-state index contributed by atoms with van der Waals surface area (Å²) in [6, 6.07) is 2.09. The summed E-state index contributed by atoms with van der Waals surface area (Å²) in [4.78, 5) is 14.1. The fraction of sp³-hybridized carbons (Fsp3) is 0.733. The predicted molar refractivity (Wildman–Crippen MR) is 84.5 cm³/mol. The van der Waals surface area contributed by atoms with Gasteiger partial charge in [-0.05, 0) is 33.4 Å². The van der Waals surface area contributed by atoms with Gasteiger partial charge in [-0.25, -0.2) is 9.97 Å². The number of likely N-dealkylation sites (N-methyl/N-ethyl adjacent to an activating group) is 1. The highest BCUT2D eigenvalue weighted by molar-refractivity contribution is 5.49. The van der Waals surface area contributed by atoms with Crippen LogP contribution in [0.15, 0.2) is 6.07 Å². The van der Waals surface area contributed by atoms with E-state index in [9.17, 15) is 0 Å². The smallest absolute Gasteiger partial charge is 0.134 e. The predicted octanol–water partition coefficient (Wildman–Crippen LogP) is 2.00. The first-order valence-electron chi connectivity index (χ1n) is 7.78. The van der Waals surface area contributed by atoms with Gasteiger partial charge in [0, 0.05) is 38.7 Å². The van der Waals surface area contributed by atoms with Crippen LogP contribution >= 0.6 is 0 Å². The van der Waals surface area contributed by atoms with Crippen LogP contribution in [0.5, 0.6) is 0 Å². The number of anilines is 2. The molecule has 112 valence electrons. The fourth-order valence-corrected chi connectivity index (χ4v) is 2.53. The molecule has 1 N–H and O–H groups in total. The maximum absolute atomic E-state index is 4.75. The van der Waals surface area contributed by atoms with Crippen LogP contribution < -0.4 is 10.2 Å². The first-order chi connectivity index (χ1) is 9.72. The highest BCUT2D eigenvalue weighted by Gasteiger charge is 2.15. The minimum atomic E-state index is 0.894. The Bertz CT molecular complexity index is 396. The summed E-state index contributed by atoms with van der Waals surface area (Å²) in [6.07, 6.45) is 3.22. The van der Waals surface area contributed by atoms with Crippen molar-refractivity contribution in [1.29, 1.82) is 0 Å². The normalized spacial score (nSPS) is 17.1. The molecule has 0 unspecified atom stereocenters. The first-order valence-corrected chi connectivity index (χ1v) is 7.78. The Hall–Kier alpha value is -1.36. The lowest BCUT2D eigenvalue weighted by Crippen LogP contribution is -2.29. The number of nitrogens with zero attached hydrogens (tertiary/aromatic N) is 4. The van der Waals surface area contributed by atoms with Gasteiger partial charge in [-0.3, -0.25) is 0 Å². The van der Waals surface area contributed by atoms with Crippen LogP contribution in [0, 0.1) is 0 Å². The Morgan fingerprint density at radius 1 is 1.15 bits per heavy atom. The van der Waals surface area contributed by atoms with Gasteiger partial charge in [0.2, 0.25) is 0 Å². The topological polar surface area (TPSA) is 44.3 Å². The lowest BCUT2D eigenvalue weighted by Gasteiger charge is -2.22. The highest BCUT2D eigenvalue weighted by atomic mass is 15.2. The Morgan fingerprint density at radius 3 is 2.75 bits per heavy atom. The number of aromatic nitrogens is 2. The minimum absolute atomic E-state index is 0.894. The molecule has 2 rings (SSSR count). The number of nitrogens with one attached hydrogen (secondary N) is 1. The van der Waals surface area contributed by atoms with E-state index in [0.29, 0.717) is 0 Å². The standard InChI is InChI=1S/C15H27N5/c1-4-7-13-17-14(16-5-2)12-15(18-13)20-9-6-8-19(3)10-11-20/h12H,4-11H2,1-3H3,(H,16,17,18). The van der Waals surface area contributed by atoms with Crippen LogP contribution in [0.3, 0.4) is 0 Å². The van der Waals surface area contributed by atoms with E-state index in [2.05, 4.69) is 47.1 Å². The minimum Gasteiger partial charge on any atom is -0.370 e. The summed E-state index contributed by atoms with van der Waals surface area (Å²) in [7, 11) is 2.19. The van der Waals surface area contributed by atoms with Crippen molar-refractivity contribution in [3.05, 3.63) is 11.9 Å². The van der Waals surface area contributed by atoms with Gasteiger partial charge in [0.05, 0.1) is 0 Å². The molecule has 0 spiro atoms. The van der Waals surface area contributed by atoms with Crippen molar-refractivity contribution in [1.82, 2.24) is 14.9 Å². The van der Waals surface area contributed by atoms with Crippen molar-refractivity contribution in [2.45, 2.75) is 33.1 Å². The van der Waals surface area contributed by atoms with Gasteiger partial charge in [-0.1, -0.05) is 6.92 Å². The highest BCUT2D eigenvalue weighted by Crippen LogP contribution is 2.18. The van der Waals surface area contributed by atoms with Crippen LogP contribution in [0.4, 0.5) is 11.6 Å². The van der Waals surface area contributed by atoms with Gasteiger partial charge in [0.25, 0.3) is 0 Å². The number of aryl methyl sites for hydroxylation is 1. The number of hydrogen-bond donors (Lipinski definition) is 1. The van der Waals surface area contributed by atoms with E-state index in [4.69, 9.17) is 4.98 Å². The van der Waals surface area contributed by atoms with E-state index in [1.54, 1.807) is 0 Å². The van der Waals surface area contributed by atoms with E-state index in [0.717, 1.165) is 56.5 Å². The zero-order valence-electron chi connectivity index (χ0n) is 13.0. The van der Waals surface area contributed by atoms with Crippen LogP contribution in [0.25, 0.3) is 0 Å². The molecule has 5 heteroatoms. The first kappa shape index (κ1) is 15.0. The second-order valence-electron chi connectivity index (χ2n) is 5.45. The third-order valence-corrected chi connectivity index (χ3v) is 3.63. The average molecular weight is 277 g/mol. The van der Waals surface area contributed by atoms with E-state index >= 15 is 0 Å². The zero-order valence-corrected chi connectivity index (χ0v) is 13.0. The molecular weight excluding hydrogens is 250 g/mol. The van der Waals surface area contributed by atoms with Crippen molar-refractivity contribution in [3.63, 3.8) is 0 Å². The summed E-state index contributed by atoms with van der Waals surface area (Å²) in [5.74, 6) is 2.99. The summed E-state index contributed by atoms with van der Waals surface area (Å²) in [6.45, 7) is 9.56. The van der Waals surface area contributed by atoms with Gasteiger partial charge in [0.1, 0.15) is 17.5 Å². The second-order valence-corrected chi connectivity index (χ2v) is 5.45. The van der Waals surface area contributed by atoms with Crippen LogP contribution in [0.2, 0.25) is 0 Å². The molecule has 2 heterocycles. The molecule has 1 saturated heterocycles. The Kier molecular flexibility index (Phi) is 5.59. The summed E-state index contributed by atoms with van der Waals surface area (Å²) in [5.41, 5.74) is 0. The van der Waals surface area contributed by atoms with E-state index in [1.165, 1.54) is 13.0 Å². The van der Waals surface area contributed by atoms with Crippen LogP contribution in [-0.4, -0.2) is 54.6 Å². The molecule has 0 atom stereocenters. The largest absolute Gasteiger partial charge is 0.370 e. The van der Waals surface area contributed by atoms with Gasteiger partial charge >= 0.3 is 0 Å². The molecule has 0 amide bonds. The SMILES string of the molecule is CCCc1nc(NCC)cc(N2CCCN(C)CC2)n1. The average Bonchev–Trinajstić information content (AvgIpc) is 2.64. The van der Waals surface area contributed by atoms with E-state index < -0.39 is 0 Å². The molecule has 1 aromatic heterocycles. The summed E-state index contributed by atoms with van der Waals surface area (Å²) < 4.78 is 0. The molecule has 1 fully saturated rings. The maximum atomic E-state index is 4.75. The molecular formula is C15H27N5. The molecule has 0 radical (unpaired) electrons. The molecule has 0 saturated carbocycles. The summed E-state index contributed by atoms with van der Waals surface area (Å²) in [5, 5.41) is 3.32. The monoisotopic (exact) mass is 277 g/mol. The van der Waals surface area contributed by atoms with Gasteiger partial charge < -0.3 is 15.1 Å². The molecule has 1 aliphatic rings. The molecule has 5 nitrogen and oxygen atoms in total. The fourth-order valence-electron chi connectivity index (χ4n) is 2.53. The Morgan fingerprint density at radius 2 is 2.00 bits per heavy atom. The third-order valence-electron chi connectivity index (χ3n) is 3.63.